The van der Waals surface area contributed by atoms with Gasteiger partial charge in [0.05, 0.1) is 26.4 Å². The number of hydrogen-bond donors (Lipinski definition) is 3. The summed E-state index contributed by atoms with van der Waals surface area (Å²) in [7, 11) is -9.91. The number of aliphatic hydroxyl groups excluding tert-OH is 1. The molecule has 0 fully saturated rings. The van der Waals surface area contributed by atoms with Crippen molar-refractivity contribution < 1.29 is 80.2 Å². The molecule has 0 aromatic rings. The molecule has 0 saturated carbocycles. The largest absolute Gasteiger partial charge is 0.472 e. The predicted octanol–water partition coefficient (Wildman–Crippen LogP) is 21.7. The van der Waals surface area contributed by atoms with Crippen LogP contribution in [0.1, 0.15) is 376 Å². The minimum atomic E-state index is -4.96. The van der Waals surface area contributed by atoms with Crippen molar-refractivity contribution in [3.63, 3.8) is 0 Å². The van der Waals surface area contributed by atoms with Gasteiger partial charge in [0.1, 0.15) is 19.3 Å². The zero-order chi connectivity index (χ0) is 69.6. The highest BCUT2D eigenvalue weighted by Crippen LogP contribution is 2.45. The van der Waals surface area contributed by atoms with E-state index in [-0.39, 0.29) is 25.7 Å². The molecule has 0 saturated heterocycles. The molecule has 0 aliphatic carbocycles. The van der Waals surface area contributed by atoms with E-state index in [1.165, 1.54) is 173 Å². The van der Waals surface area contributed by atoms with Crippen LogP contribution in [0, 0.1) is 23.7 Å². The topological polar surface area (TPSA) is 237 Å². The van der Waals surface area contributed by atoms with E-state index in [1.807, 2.05) is 0 Å². The molecule has 0 aliphatic heterocycles. The van der Waals surface area contributed by atoms with Gasteiger partial charge in [-0.1, -0.05) is 325 Å². The van der Waals surface area contributed by atoms with Gasteiger partial charge in [-0.3, -0.25) is 37.3 Å². The standard InChI is InChI=1S/C75H146O17P2/c1-9-68(8)54-46-38-29-23-19-15-11-13-17-21-25-31-41-49-57-74(79)91-70(61-85-72(77)55-47-39-30-24-20-16-12-10-14-18-22-27-35-43-51-65(2)3)63-89-93(81,82)87-59-69(76)60-88-94(83,84)90-64-71(92-75(80)58-50-42-34-33-37-45-53-67(6)7)62-86-73(78)56-48-40-32-26-28-36-44-52-66(4)5/h65-71,76H,9-64H2,1-8H3,(H,81,82)(H,83,84)/t68?,69?,70-,71-/m1/s1. The van der Waals surface area contributed by atoms with Crippen molar-refractivity contribution in [1.82, 2.24) is 0 Å². The van der Waals surface area contributed by atoms with Gasteiger partial charge in [-0.25, -0.2) is 9.13 Å². The van der Waals surface area contributed by atoms with Gasteiger partial charge >= 0.3 is 39.5 Å². The summed E-state index contributed by atoms with van der Waals surface area (Å²) in [5.74, 6) is 0.892. The Kier molecular flexibility index (Phi) is 63.1. The van der Waals surface area contributed by atoms with E-state index in [1.54, 1.807) is 0 Å². The highest BCUT2D eigenvalue weighted by atomic mass is 31.2. The summed E-state index contributed by atoms with van der Waals surface area (Å²) >= 11 is 0. The first-order chi connectivity index (χ1) is 45.1. The zero-order valence-electron chi connectivity index (χ0n) is 61.6. The van der Waals surface area contributed by atoms with Crippen molar-refractivity contribution in [3.8, 4) is 0 Å². The molecule has 0 aromatic carbocycles. The number of aliphatic hydroxyl groups is 1. The molecule has 0 aromatic heterocycles. The lowest BCUT2D eigenvalue weighted by molar-refractivity contribution is -0.161. The normalized spacial score (nSPS) is 14.4. The number of ether oxygens (including phenoxy) is 4. The molecule has 0 heterocycles. The molecule has 19 heteroatoms. The first-order valence-electron chi connectivity index (χ1n) is 38.7. The Balaban J connectivity index is 5.22. The summed E-state index contributed by atoms with van der Waals surface area (Å²) in [6.45, 7) is 14.1. The Bertz CT molecular complexity index is 1850. The molecular weight excluding hydrogens is 1230 g/mol. The summed E-state index contributed by atoms with van der Waals surface area (Å²) in [6.07, 6.45) is 48.8. The van der Waals surface area contributed by atoms with E-state index in [0.29, 0.717) is 37.5 Å². The third kappa shape index (κ3) is 67.3. The summed E-state index contributed by atoms with van der Waals surface area (Å²) < 4.78 is 68.4. The lowest BCUT2D eigenvalue weighted by atomic mass is 9.99. The van der Waals surface area contributed by atoms with Crippen molar-refractivity contribution >= 4 is 39.5 Å². The average molecular weight is 1380 g/mol. The van der Waals surface area contributed by atoms with Crippen LogP contribution in [0.2, 0.25) is 0 Å². The third-order valence-electron chi connectivity index (χ3n) is 17.7. The van der Waals surface area contributed by atoms with E-state index in [2.05, 4.69) is 55.4 Å². The quantitative estimate of drug-likeness (QED) is 0.0222. The van der Waals surface area contributed by atoms with E-state index in [9.17, 15) is 43.2 Å². The van der Waals surface area contributed by atoms with Gasteiger partial charge in [0.15, 0.2) is 12.2 Å². The number of unbranched alkanes of at least 4 members (excludes halogenated alkanes) is 37. The highest BCUT2D eigenvalue weighted by molar-refractivity contribution is 7.47. The number of hydrogen-bond acceptors (Lipinski definition) is 15. The van der Waals surface area contributed by atoms with Gasteiger partial charge in [-0.05, 0) is 49.4 Å². The minimum absolute atomic E-state index is 0.101. The molecule has 17 nitrogen and oxygen atoms in total. The lowest BCUT2D eigenvalue weighted by Crippen LogP contribution is -2.30. The molecule has 0 bridgehead atoms. The molecule has 0 radical (unpaired) electrons. The molecular formula is C75H146O17P2. The summed E-state index contributed by atoms with van der Waals surface area (Å²) in [5, 5.41) is 10.6. The Morgan fingerprint density at radius 1 is 0.298 bits per heavy atom. The fraction of sp³-hybridized carbons (Fsp3) is 0.947. The monoisotopic (exact) mass is 1380 g/mol. The van der Waals surface area contributed by atoms with Crippen LogP contribution in [0.5, 0.6) is 0 Å². The number of rotatable bonds is 72. The van der Waals surface area contributed by atoms with Crippen LogP contribution in [0.4, 0.5) is 0 Å². The van der Waals surface area contributed by atoms with Crippen LogP contribution in [0.3, 0.4) is 0 Å². The van der Waals surface area contributed by atoms with Crippen LogP contribution in [0.15, 0.2) is 0 Å². The highest BCUT2D eigenvalue weighted by Gasteiger charge is 2.30. The minimum Gasteiger partial charge on any atom is -0.462 e. The van der Waals surface area contributed by atoms with Gasteiger partial charge in [-0.2, -0.15) is 0 Å². The average Bonchev–Trinajstić information content (AvgIpc) is 1.31. The van der Waals surface area contributed by atoms with Crippen LogP contribution in [0.25, 0.3) is 0 Å². The molecule has 0 rings (SSSR count). The van der Waals surface area contributed by atoms with Crippen molar-refractivity contribution in [1.29, 1.82) is 0 Å². The Labute approximate surface area is 575 Å². The number of phosphoric ester groups is 2. The van der Waals surface area contributed by atoms with Crippen LogP contribution >= 0.6 is 15.6 Å². The molecule has 0 aliphatic rings. The second-order valence-corrected chi connectivity index (χ2v) is 31.6. The molecule has 6 atom stereocenters. The van der Waals surface area contributed by atoms with E-state index in [0.717, 1.165) is 108 Å². The summed E-state index contributed by atoms with van der Waals surface area (Å²) in [6, 6.07) is 0. The van der Waals surface area contributed by atoms with Crippen molar-refractivity contribution in [3.05, 3.63) is 0 Å². The van der Waals surface area contributed by atoms with Crippen molar-refractivity contribution in [2.45, 2.75) is 395 Å². The van der Waals surface area contributed by atoms with Gasteiger partial charge in [0.25, 0.3) is 0 Å². The maximum atomic E-state index is 13.1. The second kappa shape index (κ2) is 64.4. The lowest BCUT2D eigenvalue weighted by Gasteiger charge is -2.21. The number of carbonyl (C=O) groups is 4. The van der Waals surface area contributed by atoms with Crippen LogP contribution in [-0.2, 0) is 65.4 Å². The zero-order valence-corrected chi connectivity index (χ0v) is 63.4. The number of esters is 4. The van der Waals surface area contributed by atoms with Crippen molar-refractivity contribution in [2.75, 3.05) is 39.6 Å². The maximum Gasteiger partial charge on any atom is 0.472 e. The second-order valence-electron chi connectivity index (χ2n) is 28.7. The Hall–Kier alpha value is -1.94. The first-order valence-corrected chi connectivity index (χ1v) is 41.7. The molecule has 558 valence electrons. The van der Waals surface area contributed by atoms with Crippen LogP contribution in [-0.4, -0.2) is 96.7 Å². The SMILES string of the molecule is CCC(C)CCCCCCCCCCCCCCCCC(=O)O[C@H](COC(=O)CCCCCCCCCCCCCCCCC(C)C)COP(=O)(O)OCC(O)COP(=O)(O)OC[C@@H](COC(=O)CCCCCCCCCC(C)C)OC(=O)CCCCCCCCC(C)C. The fourth-order valence-electron chi connectivity index (χ4n) is 11.3. The molecule has 94 heavy (non-hydrogen) atoms. The molecule has 4 unspecified atom stereocenters. The summed E-state index contributed by atoms with van der Waals surface area (Å²) in [4.78, 5) is 72.7. The summed E-state index contributed by atoms with van der Waals surface area (Å²) in [5.41, 5.74) is 0. The van der Waals surface area contributed by atoms with E-state index < -0.39 is 97.5 Å². The van der Waals surface area contributed by atoms with Gasteiger partial charge in [-0.15, -0.1) is 0 Å². The van der Waals surface area contributed by atoms with Gasteiger partial charge < -0.3 is 33.8 Å². The molecule has 0 spiro atoms. The van der Waals surface area contributed by atoms with Gasteiger partial charge in [0.2, 0.25) is 0 Å². The van der Waals surface area contributed by atoms with E-state index in [4.69, 9.17) is 37.0 Å². The first kappa shape index (κ1) is 92.1. The van der Waals surface area contributed by atoms with Crippen molar-refractivity contribution in [2.24, 2.45) is 23.7 Å². The van der Waals surface area contributed by atoms with Crippen LogP contribution < -0.4 is 0 Å². The number of carbonyl (C=O) groups excluding carboxylic acids is 4. The molecule has 3 N–H and O–H groups in total. The smallest absolute Gasteiger partial charge is 0.462 e. The Morgan fingerprint density at radius 3 is 0.755 bits per heavy atom. The maximum absolute atomic E-state index is 13.1. The molecule has 0 amide bonds. The third-order valence-corrected chi connectivity index (χ3v) is 19.6. The Morgan fingerprint density at radius 2 is 0.511 bits per heavy atom. The predicted molar refractivity (Wildman–Crippen MR) is 381 cm³/mol. The van der Waals surface area contributed by atoms with E-state index >= 15 is 0 Å². The fourth-order valence-corrected chi connectivity index (χ4v) is 12.9. The number of phosphoric acid groups is 2. The van der Waals surface area contributed by atoms with Gasteiger partial charge in [0, 0.05) is 25.7 Å².